The second-order valence-electron chi connectivity index (χ2n) is 8.92. The summed E-state index contributed by atoms with van der Waals surface area (Å²) >= 11 is 13.8. The Labute approximate surface area is 223 Å². The van der Waals surface area contributed by atoms with Gasteiger partial charge in [0, 0.05) is 21.4 Å². The van der Waals surface area contributed by atoms with Crippen molar-refractivity contribution in [2.45, 2.75) is 107 Å². The van der Waals surface area contributed by atoms with Crippen LogP contribution in [-0.2, 0) is 9.53 Å². The van der Waals surface area contributed by atoms with Crippen molar-refractivity contribution in [2.75, 3.05) is 0 Å². The Bertz CT molecular complexity index is 945. The Kier molecular flexibility index (Phi) is 13.0. The highest BCUT2D eigenvalue weighted by Gasteiger charge is 2.23. The van der Waals surface area contributed by atoms with Crippen LogP contribution in [0.15, 0.2) is 28.1 Å². The highest BCUT2D eigenvalue weighted by atomic mass is 35.5. The molecule has 2 amide bonds. The number of nitrogens with one attached hydrogen (secondary N) is 2. The number of carbonyl (C=O) groups is 2. The Balaban J connectivity index is 1.94. The number of carbonyl (C=O) groups excluding carboxylic acids is 2. The summed E-state index contributed by atoms with van der Waals surface area (Å²) in [5, 5.41) is 4.29. The Morgan fingerprint density at radius 3 is 2.26 bits per heavy atom. The lowest BCUT2D eigenvalue weighted by Crippen LogP contribution is -2.32. The highest BCUT2D eigenvalue weighted by molar-refractivity contribution is 7.99. The van der Waals surface area contributed by atoms with Crippen molar-refractivity contribution in [3.8, 4) is 0 Å². The number of rotatable bonds is 14. The van der Waals surface area contributed by atoms with Crippen LogP contribution in [0.2, 0.25) is 10.0 Å². The molecule has 1 atom stereocenters. The minimum absolute atomic E-state index is 0.145. The van der Waals surface area contributed by atoms with Crippen LogP contribution in [0.5, 0.6) is 0 Å². The smallest absolute Gasteiger partial charge is 0.414 e. The fourth-order valence-corrected chi connectivity index (χ4v) is 5.43. The minimum atomic E-state index is -0.747. The lowest BCUT2D eigenvalue weighted by atomic mass is 10.1. The van der Waals surface area contributed by atoms with Gasteiger partial charge >= 0.3 is 6.09 Å². The number of imide groups is 1. The number of imidazole rings is 1. The van der Waals surface area contributed by atoms with E-state index in [9.17, 15) is 9.59 Å². The van der Waals surface area contributed by atoms with Gasteiger partial charge in [-0.05, 0) is 37.0 Å². The maximum absolute atomic E-state index is 12.4. The number of benzene rings is 1. The van der Waals surface area contributed by atoms with Gasteiger partial charge in [-0.15, -0.1) is 0 Å². The van der Waals surface area contributed by atoms with E-state index in [0.29, 0.717) is 28.7 Å². The standard InChI is InChI=1S/C26H37Cl2N3O3S/c1-5-7-8-9-10-11-12-13-22(32)29-26(33)34-21(6-2)24-30-23(17(3)4)25(31-24)35-20-15-18(27)14-19(28)16-20/h14-17,21H,5-13H2,1-4H3,(H,30,31)(H,29,32,33). The molecule has 0 saturated heterocycles. The first-order chi connectivity index (χ1) is 16.7. The van der Waals surface area contributed by atoms with Crippen molar-refractivity contribution in [2.24, 2.45) is 0 Å². The lowest BCUT2D eigenvalue weighted by Gasteiger charge is -2.14. The van der Waals surface area contributed by atoms with Crippen molar-refractivity contribution in [1.82, 2.24) is 15.3 Å². The highest BCUT2D eigenvalue weighted by Crippen LogP contribution is 2.36. The molecule has 1 unspecified atom stereocenters. The molecule has 194 valence electrons. The fraction of sp³-hybridized carbons (Fsp3) is 0.577. The number of ether oxygens (including phenoxy) is 1. The maximum atomic E-state index is 12.4. The van der Waals surface area contributed by atoms with Crippen LogP contribution in [-0.4, -0.2) is 22.0 Å². The van der Waals surface area contributed by atoms with E-state index in [1.165, 1.54) is 37.4 Å². The van der Waals surface area contributed by atoms with Gasteiger partial charge in [0.2, 0.25) is 5.91 Å². The van der Waals surface area contributed by atoms with Gasteiger partial charge in [-0.1, -0.05) is 101 Å². The number of amides is 2. The molecule has 0 aliphatic rings. The zero-order valence-electron chi connectivity index (χ0n) is 21.1. The van der Waals surface area contributed by atoms with Crippen molar-refractivity contribution in [3.63, 3.8) is 0 Å². The molecule has 1 heterocycles. The summed E-state index contributed by atoms with van der Waals surface area (Å²) in [6, 6.07) is 5.35. The summed E-state index contributed by atoms with van der Waals surface area (Å²) in [5.74, 6) is 0.378. The molecule has 2 N–H and O–H groups in total. The Morgan fingerprint density at radius 2 is 1.66 bits per heavy atom. The first-order valence-electron chi connectivity index (χ1n) is 12.5. The quantitative estimate of drug-likeness (QED) is 0.233. The summed E-state index contributed by atoms with van der Waals surface area (Å²) in [7, 11) is 0. The summed E-state index contributed by atoms with van der Waals surface area (Å²) in [6.45, 7) is 8.19. The minimum Gasteiger partial charge on any atom is -0.438 e. The number of nitrogens with zero attached hydrogens (tertiary/aromatic N) is 1. The lowest BCUT2D eigenvalue weighted by molar-refractivity contribution is -0.120. The molecule has 1 aromatic heterocycles. The van der Waals surface area contributed by atoms with Crippen molar-refractivity contribution >= 4 is 47.0 Å². The third-order valence-corrected chi connectivity index (χ3v) is 6.92. The van der Waals surface area contributed by atoms with Crippen LogP contribution < -0.4 is 5.32 Å². The van der Waals surface area contributed by atoms with Crippen LogP contribution >= 0.6 is 35.0 Å². The van der Waals surface area contributed by atoms with Gasteiger partial charge in [0.25, 0.3) is 0 Å². The van der Waals surface area contributed by atoms with E-state index in [1.807, 2.05) is 32.9 Å². The average Bonchev–Trinajstić information content (AvgIpc) is 3.20. The topological polar surface area (TPSA) is 84.1 Å². The van der Waals surface area contributed by atoms with E-state index >= 15 is 0 Å². The number of hydrogen-bond acceptors (Lipinski definition) is 5. The largest absolute Gasteiger partial charge is 0.438 e. The average molecular weight is 543 g/mol. The summed E-state index contributed by atoms with van der Waals surface area (Å²) < 4.78 is 5.55. The van der Waals surface area contributed by atoms with Gasteiger partial charge in [0.15, 0.2) is 6.10 Å². The number of H-pyrrole nitrogens is 1. The van der Waals surface area contributed by atoms with Gasteiger partial charge in [0.05, 0.1) is 5.69 Å². The Hall–Kier alpha value is -1.70. The van der Waals surface area contributed by atoms with Gasteiger partial charge in [-0.25, -0.2) is 9.78 Å². The molecule has 0 bridgehead atoms. The van der Waals surface area contributed by atoms with E-state index < -0.39 is 12.2 Å². The molecule has 0 spiro atoms. The molecule has 9 heteroatoms. The third-order valence-electron chi connectivity index (χ3n) is 5.49. The third kappa shape index (κ3) is 10.4. The number of unbranched alkanes of at least 4 members (excludes halogenated alkanes) is 6. The van der Waals surface area contributed by atoms with Gasteiger partial charge in [-0.2, -0.15) is 0 Å². The number of aromatic amines is 1. The summed E-state index contributed by atoms with van der Waals surface area (Å²) in [5.41, 5.74) is 0.860. The van der Waals surface area contributed by atoms with Crippen LogP contribution in [0.4, 0.5) is 4.79 Å². The Morgan fingerprint density at radius 1 is 1.03 bits per heavy atom. The molecule has 1 aromatic carbocycles. The van der Waals surface area contributed by atoms with Gasteiger partial charge in [-0.3, -0.25) is 10.1 Å². The number of hydrogen-bond donors (Lipinski definition) is 2. The van der Waals surface area contributed by atoms with Gasteiger partial charge in [0.1, 0.15) is 10.9 Å². The van der Waals surface area contributed by atoms with Crippen molar-refractivity contribution in [1.29, 1.82) is 0 Å². The number of alkyl carbamates (subject to hydrolysis) is 1. The van der Waals surface area contributed by atoms with E-state index in [1.54, 1.807) is 6.07 Å². The molecule has 35 heavy (non-hydrogen) atoms. The predicted octanol–water partition coefficient (Wildman–Crippen LogP) is 8.84. The number of halogens is 2. The van der Waals surface area contributed by atoms with E-state index in [2.05, 4.69) is 17.2 Å². The zero-order valence-corrected chi connectivity index (χ0v) is 23.4. The molecule has 0 saturated carbocycles. The fourth-order valence-electron chi connectivity index (χ4n) is 3.63. The molecule has 0 aliphatic carbocycles. The first-order valence-corrected chi connectivity index (χ1v) is 14.0. The predicted molar refractivity (Wildman–Crippen MR) is 144 cm³/mol. The summed E-state index contributed by atoms with van der Waals surface area (Å²) in [4.78, 5) is 33.4. The van der Waals surface area contributed by atoms with E-state index in [-0.39, 0.29) is 11.8 Å². The first kappa shape index (κ1) is 29.5. The number of aromatic nitrogens is 2. The van der Waals surface area contributed by atoms with Crippen molar-refractivity contribution in [3.05, 3.63) is 39.8 Å². The van der Waals surface area contributed by atoms with Crippen LogP contribution in [0.1, 0.15) is 109 Å². The van der Waals surface area contributed by atoms with E-state index in [4.69, 9.17) is 32.9 Å². The van der Waals surface area contributed by atoms with Crippen molar-refractivity contribution < 1.29 is 14.3 Å². The molecule has 0 fully saturated rings. The summed E-state index contributed by atoms with van der Waals surface area (Å²) in [6.07, 6.45) is 7.28. The molecule has 0 aliphatic heterocycles. The second kappa shape index (κ2) is 15.4. The van der Waals surface area contributed by atoms with E-state index in [0.717, 1.165) is 34.9 Å². The monoisotopic (exact) mass is 541 g/mol. The van der Waals surface area contributed by atoms with Crippen LogP contribution in [0.3, 0.4) is 0 Å². The molecule has 6 nitrogen and oxygen atoms in total. The molecule has 2 rings (SSSR count). The van der Waals surface area contributed by atoms with Crippen LogP contribution in [0.25, 0.3) is 0 Å². The van der Waals surface area contributed by atoms with Gasteiger partial charge < -0.3 is 9.72 Å². The molecule has 2 aromatic rings. The normalized spacial score (nSPS) is 12.1. The SMILES string of the molecule is CCCCCCCCCC(=O)NC(=O)OC(CC)c1nc(C(C)C)c(Sc2cc(Cl)cc(Cl)c2)[nH]1. The molecular weight excluding hydrogens is 505 g/mol. The zero-order chi connectivity index (χ0) is 25.8. The molecular formula is C26H37Cl2N3O3S. The second-order valence-corrected chi connectivity index (χ2v) is 10.9. The van der Waals surface area contributed by atoms with Crippen LogP contribution in [0, 0.1) is 0 Å². The molecule has 0 radical (unpaired) electrons. The maximum Gasteiger partial charge on any atom is 0.414 e.